The van der Waals surface area contributed by atoms with E-state index in [2.05, 4.69) is 4.98 Å². The molecule has 1 amide bonds. The number of benzene rings is 1. The number of likely N-dealkylation sites (tertiary alicyclic amines) is 1. The molecule has 210 valence electrons. The van der Waals surface area contributed by atoms with Crippen molar-refractivity contribution in [3.05, 3.63) is 65.0 Å². The number of halogens is 3. The van der Waals surface area contributed by atoms with Gasteiger partial charge in [-0.15, -0.1) is 0 Å². The molecule has 1 N–H and O–H groups in total. The lowest BCUT2D eigenvalue weighted by Crippen LogP contribution is -2.33. The number of hydrogen-bond acceptors (Lipinski definition) is 5. The molecule has 39 heavy (non-hydrogen) atoms. The number of carbonyl (C=O) groups is 3. The lowest BCUT2D eigenvalue weighted by molar-refractivity contribution is -0.137. The molecule has 2 fully saturated rings. The maximum atomic E-state index is 12.9. The third kappa shape index (κ3) is 7.12. The lowest BCUT2D eigenvalue weighted by Gasteiger charge is -2.36. The maximum Gasteiger partial charge on any atom is 0.416 e. The van der Waals surface area contributed by atoms with E-state index in [1.165, 1.54) is 12.1 Å². The third-order valence-electron chi connectivity index (χ3n) is 8.20. The molecule has 1 aliphatic carbocycles. The Hall–Kier alpha value is -3.07. The van der Waals surface area contributed by atoms with Crippen LogP contribution in [0.3, 0.4) is 0 Å². The van der Waals surface area contributed by atoms with Gasteiger partial charge in [-0.25, -0.2) is 0 Å². The first kappa shape index (κ1) is 28.9. The molecule has 4 rings (SSSR count). The summed E-state index contributed by atoms with van der Waals surface area (Å²) >= 11 is 0. The average Bonchev–Trinajstić information content (AvgIpc) is 3.40. The summed E-state index contributed by atoms with van der Waals surface area (Å²) in [4.78, 5) is 43.1. The molecule has 1 saturated heterocycles. The summed E-state index contributed by atoms with van der Waals surface area (Å²) in [6, 6.07) is 7.79. The Labute approximate surface area is 226 Å². The zero-order valence-electron chi connectivity index (χ0n) is 22.2. The number of Topliss-reactive ketones (excluding diaryl/α,β-unsaturated/α-hetero) is 2. The predicted octanol–water partition coefficient (Wildman–Crippen LogP) is 5.97. The quantitative estimate of drug-likeness (QED) is 0.393. The number of nitrogens with zero attached hydrogens (tertiary/aromatic N) is 2. The van der Waals surface area contributed by atoms with Crippen LogP contribution in [-0.2, 0) is 16.6 Å². The second-order valence-corrected chi connectivity index (χ2v) is 10.9. The Balaban J connectivity index is 1.21. The molecular weight excluding hydrogens is 509 g/mol. The van der Waals surface area contributed by atoms with E-state index < -0.39 is 23.1 Å². The van der Waals surface area contributed by atoms with Gasteiger partial charge in [0, 0.05) is 49.7 Å². The fourth-order valence-electron chi connectivity index (χ4n) is 5.80. The molecule has 0 spiro atoms. The first-order valence-electron chi connectivity index (χ1n) is 13.7. The summed E-state index contributed by atoms with van der Waals surface area (Å²) in [6.07, 6.45) is 2.02. The standard InChI is InChI=1S/C30H35F3N2O4/c1-2-25(36)23-6-8-27(34-18-23)29(39)13-10-20(11-14-29)16-21-12-15-35(19-21)28(38)9-7-26(37)22-4-3-5-24(17-22)30(31,32)33/h3-6,8,17-18,20-21,39H,2,7,9-16,19H2,1H3. The first-order valence-corrected chi connectivity index (χ1v) is 13.7. The van der Waals surface area contributed by atoms with Crippen molar-refractivity contribution >= 4 is 17.5 Å². The van der Waals surface area contributed by atoms with E-state index in [9.17, 15) is 32.7 Å². The van der Waals surface area contributed by atoms with E-state index in [4.69, 9.17) is 0 Å². The highest BCUT2D eigenvalue weighted by Gasteiger charge is 2.38. The topological polar surface area (TPSA) is 87.6 Å². The van der Waals surface area contributed by atoms with Gasteiger partial charge in [-0.2, -0.15) is 13.2 Å². The van der Waals surface area contributed by atoms with Crippen molar-refractivity contribution in [1.29, 1.82) is 0 Å². The van der Waals surface area contributed by atoms with E-state index in [0.717, 1.165) is 37.8 Å². The molecule has 1 aromatic heterocycles. The SMILES string of the molecule is CCC(=O)c1ccc(C2(O)CCC(CC3CCN(C(=O)CCC(=O)c4cccc(C(F)(F)F)c4)C3)CC2)nc1. The number of ketones is 2. The van der Waals surface area contributed by atoms with Gasteiger partial charge in [0.25, 0.3) is 0 Å². The summed E-state index contributed by atoms with van der Waals surface area (Å²) in [6.45, 7) is 3.03. The highest BCUT2D eigenvalue weighted by molar-refractivity contribution is 5.98. The van der Waals surface area contributed by atoms with Crippen LogP contribution in [0.25, 0.3) is 0 Å². The number of alkyl halides is 3. The molecule has 0 radical (unpaired) electrons. The van der Waals surface area contributed by atoms with Crippen LogP contribution in [0.4, 0.5) is 13.2 Å². The number of amides is 1. The largest absolute Gasteiger partial charge is 0.416 e. The molecule has 9 heteroatoms. The Morgan fingerprint density at radius 3 is 2.38 bits per heavy atom. The monoisotopic (exact) mass is 544 g/mol. The second-order valence-electron chi connectivity index (χ2n) is 10.9. The number of aliphatic hydroxyl groups is 1. The van der Waals surface area contributed by atoms with Gasteiger partial charge in [0.15, 0.2) is 11.6 Å². The van der Waals surface area contributed by atoms with Crippen LogP contribution >= 0.6 is 0 Å². The van der Waals surface area contributed by atoms with Crippen molar-refractivity contribution < 1.29 is 32.7 Å². The van der Waals surface area contributed by atoms with Gasteiger partial charge >= 0.3 is 6.18 Å². The normalized spacial score (nSPS) is 23.6. The number of pyridine rings is 1. The van der Waals surface area contributed by atoms with Gasteiger partial charge in [0.05, 0.1) is 11.3 Å². The average molecular weight is 545 g/mol. The summed E-state index contributed by atoms with van der Waals surface area (Å²) in [7, 11) is 0. The van der Waals surface area contributed by atoms with E-state index in [1.807, 2.05) is 0 Å². The number of aromatic nitrogens is 1. The summed E-state index contributed by atoms with van der Waals surface area (Å²) in [5.74, 6) is 0.194. The number of carbonyl (C=O) groups excluding carboxylic acids is 3. The van der Waals surface area contributed by atoms with Crippen molar-refractivity contribution in [3.8, 4) is 0 Å². The Morgan fingerprint density at radius 2 is 1.74 bits per heavy atom. The molecule has 0 bridgehead atoms. The van der Waals surface area contributed by atoms with Gasteiger partial charge in [-0.1, -0.05) is 19.1 Å². The van der Waals surface area contributed by atoms with Crippen LogP contribution in [0.5, 0.6) is 0 Å². The van der Waals surface area contributed by atoms with E-state index in [1.54, 1.807) is 30.2 Å². The van der Waals surface area contributed by atoms with Crippen LogP contribution in [0.2, 0.25) is 0 Å². The van der Waals surface area contributed by atoms with Crippen molar-refractivity contribution in [2.45, 2.75) is 76.5 Å². The van der Waals surface area contributed by atoms with Crippen LogP contribution in [0.1, 0.15) is 96.7 Å². The molecule has 1 aromatic carbocycles. The Kier molecular flexibility index (Phi) is 8.89. The van der Waals surface area contributed by atoms with Crippen LogP contribution in [0, 0.1) is 11.8 Å². The minimum Gasteiger partial charge on any atom is -0.384 e. The van der Waals surface area contributed by atoms with Gasteiger partial charge in [-0.05, 0) is 74.6 Å². The zero-order chi connectivity index (χ0) is 28.2. The molecular formula is C30H35F3N2O4. The van der Waals surface area contributed by atoms with Gasteiger partial charge < -0.3 is 10.0 Å². The predicted molar refractivity (Wildman–Crippen MR) is 139 cm³/mol. The fourth-order valence-corrected chi connectivity index (χ4v) is 5.80. The fraction of sp³-hybridized carbons (Fsp3) is 0.533. The summed E-state index contributed by atoms with van der Waals surface area (Å²) in [5, 5.41) is 11.2. The molecule has 2 heterocycles. The Morgan fingerprint density at radius 1 is 1.00 bits per heavy atom. The minimum atomic E-state index is -4.52. The zero-order valence-corrected chi connectivity index (χ0v) is 22.2. The van der Waals surface area contributed by atoms with Crippen molar-refractivity contribution in [2.24, 2.45) is 11.8 Å². The van der Waals surface area contributed by atoms with E-state index in [-0.39, 0.29) is 30.1 Å². The van der Waals surface area contributed by atoms with Crippen LogP contribution in [-0.4, -0.2) is 45.6 Å². The highest BCUT2D eigenvalue weighted by Crippen LogP contribution is 2.41. The van der Waals surface area contributed by atoms with Crippen LogP contribution in [0.15, 0.2) is 42.6 Å². The molecule has 1 aliphatic heterocycles. The molecule has 2 aromatic rings. The maximum absolute atomic E-state index is 12.9. The Bertz CT molecular complexity index is 1190. The van der Waals surface area contributed by atoms with Crippen molar-refractivity contribution in [1.82, 2.24) is 9.88 Å². The van der Waals surface area contributed by atoms with Crippen molar-refractivity contribution in [3.63, 3.8) is 0 Å². The van der Waals surface area contributed by atoms with E-state index in [0.29, 0.717) is 55.4 Å². The van der Waals surface area contributed by atoms with Gasteiger partial charge in [0.2, 0.25) is 5.91 Å². The molecule has 1 unspecified atom stereocenters. The summed E-state index contributed by atoms with van der Waals surface area (Å²) < 4.78 is 38.8. The lowest BCUT2D eigenvalue weighted by atomic mass is 9.74. The summed E-state index contributed by atoms with van der Waals surface area (Å²) in [5.41, 5.74) is -0.742. The van der Waals surface area contributed by atoms with Gasteiger partial charge in [0.1, 0.15) is 5.60 Å². The number of rotatable bonds is 9. The van der Waals surface area contributed by atoms with Crippen molar-refractivity contribution in [2.75, 3.05) is 13.1 Å². The smallest absolute Gasteiger partial charge is 0.384 e. The highest BCUT2D eigenvalue weighted by atomic mass is 19.4. The molecule has 2 aliphatic rings. The first-order chi connectivity index (χ1) is 18.5. The molecule has 6 nitrogen and oxygen atoms in total. The third-order valence-corrected chi connectivity index (χ3v) is 8.20. The molecule has 1 atom stereocenters. The number of hydrogen-bond donors (Lipinski definition) is 1. The van der Waals surface area contributed by atoms with Crippen LogP contribution < -0.4 is 0 Å². The second kappa shape index (κ2) is 12.0. The molecule has 1 saturated carbocycles. The minimum absolute atomic E-state index is 0.0199. The van der Waals surface area contributed by atoms with E-state index >= 15 is 0 Å². The van der Waals surface area contributed by atoms with Gasteiger partial charge in [-0.3, -0.25) is 19.4 Å².